The number of hydrogen-bond donors (Lipinski definition) is 0. The smallest absolute Gasteiger partial charge is 0.169 e. The topological polar surface area (TPSA) is 3.88 Å². The Hall–Kier alpha value is -0.500. The van der Waals surface area contributed by atoms with Gasteiger partial charge < -0.3 is 0 Å². The summed E-state index contributed by atoms with van der Waals surface area (Å²) in [6, 6.07) is 4.30. The fourth-order valence-corrected chi connectivity index (χ4v) is 1.87. The van der Waals surface area contributed by atoms with Crippen molar-refractivity contribution in [1.29, 1.82) is 0 Å². The monoisotopic (exact) mass is 182 g/mol. The maximum atomic E-state index is 2.23. The van der Waals surface area contributed by atoms with Crippen LogP contribution in [0.4, 0.5) is 0 Å². The van der Waals surface area contributed by atoms with Crippen LogP contribution in [0, 0.1) is 0 Å². The molecule has 0 spiro atoms. The summed E-state index contributed by atoms with van der Waals surface area (Å²) in [5, 5.41) is 0. The molecule has 0 bridgehead atoms. The van der Waals surface area contributed by atoms with Crippen LogP contribution in [-0.4, -0.2) is 4.75 Å². The van der Waals surface area contributed by atoms with Gasteiger partial charge in [-0.05, 0) is 0 Å². The van der Waals surface area contributed by atoms with Gasteiger partial charge in [-0.1, -0.05) is 20.8 Å². The highest BCUT2D eigenvalue weighted by Crippen LogP contribution is 2.30. The third-order valence-corrected chi connectivity index (χ3v) is 2.49. The van der Waals surface area contributed by atoms with Gasteiger partial charge in [-0.3, -0.25) is 0 Å². The summed E-state index contributed by atoms with van der Waals surface area (Å²) in [7, 11) is 2.03. The molecular formula is C10H16NS+. The largest absolute Gasteiger partial charge is 0.208 e. The summed E-state index contributed by atoms with van der Waals surface area (Å²) in [5.74, 6) is 0. The first-order valence-corrected chi connectivity index (χ1v) is 4.93. The number of hydrogen-bond acceptors (Lipinski definition) is 1. The Labute approximate surface area is 78.8 Å². The van der Waals surface area contributed by atoms with Crippen molar-refractivity contribution in [2.75, 3.05) is 0 Å². The number of pyridine rings is 1. The van der Waals surface area contributed by atoms with Gasteiger partial charge in [0.05, 0.1) is 0 Å². The molecule has 12 heavy (non-hydrogen) atoms. The Kier molecular flexibility index (Phi) is 2.78. The van der Waals surface area contributed by atoms with E-state index >= 15 is 0 Å². The molecule has 0 aromatic carbocycles. The number of rotatable bonds is 1. The maximum Gasteiger partial charge on any atom is 0.169 e. The van der Waals surface area contributed by atoms with E-state index in [0.717, 1.165) is 0 Å². The summed E-state index contributed by atoms with van der Waals surface area (Å²) in [6.07, 6.45) is 4.15. The second-order valence-corrected chi connectivity index (χ2v) is 5.81. The fourth-order valence-electron chi connectivity index (χ4n) is 0.909. The summed E-state index contributed by atoms with van der Waals surface area (Å²) < 4.78 is 2.35. The first-order valence-electron chi connectivity index (χ1n) is 4.12. The molecule has 1 heterocycles. The maximum absolute atomic E-state index is 2.23. The highest BCUT2D eigenvalue weighted by Gasteiger charge is 2.12. The summed E-state index contributed by atoms with van der Waals surface area (Å²) in [6.45, 7) is 6.68. The zero-order valence-corrected chi connectivity index (χ0v) is 8.98. The third kappa shape index (κ3) is 3.26. The van der Waals surface area contributed by atoms with Crippen molar-refractivity contribution in [3.05, 3.63) is 24.5 Å². The van der Waals surface area contributed by atoms with Gasteiger partial charge in [0.1, 0.15) is 7.05 Å². The SMILES string of the molecule is C[n+]1ccc(SC(C)(C)C)cc1. The van der Waals surface area contributed by atoms with Gasteiger partial charge in [-0.2, -0.15) is 0 Å². The minimum absolute atomic E-state index is 0.305. The van der Waals surface area contributed by atoms with Gasteiger partial charge >= 0.3 is 0 Å². The van der Waals surface area contributed by atoms with Crippen molar-refractivity contribution < 1.29 is 4.57 Å². The number of aryl methyl sites for hydroxylation is 1. The zero-order chi connectivity index (χ0) is 9.19. The lowest BCUT2D eigenvalue weighted by atomic mass is 10.3. The van der Waals surface area contributed by atoms with Crippen LogP contribution in [-0.2, 0) is 7.05 Å². The first-order chi connectivity index (χ1) is 5.47. The molecule has 0 atom stereocenters. The van der Waals surface area contributed by atoms with Gasteiger partial charge in [0.15, 0.2) is 12.4 Å². The van der Waals surface area contributed by atoms with Gasteiger partial charge in [-0.25, -0.2) is 4.57 Å². The molecule has 1 nitrogen and oxygen atoms in total. The van der Waals surface area contributed by atoms with Gasteiger partial charge in [-0.15, -0.1) is 11.8 Å². The van der Waals surface area contributed by atoms with E-state index in [1.165, 1.54) is 4.90 Å². The standard InChI is InChI=1S/C10H16NS/c1-10(2,3)12-9-5-7-11(4)8-6-9/h5-8H,1-4H3/q+1. The van der Waals surface area contributed by atoms with Crippen molar-refractivity contribution in [3.63, 3.8) is 0 Å². The van der Waals surface area contributed by atoms with Gasteiger partial charge in [0, 0.05) is 21.8 Å². The Balaban J connectivity index is 2.71. The lowest BCUT2D eigenvalue weighted by Crippen LogP contribution is -2.25. The van der Waals surface area contributed by atoms with Crippen LogP contribution < -0.4 is 4.57 Å². The zero-order valence-electron chi connectivity index (χ0n) is 8.16. The Morgan fingerprint density at radius 2 is 1.67 bits per heavy atom. The predicted molar refractivity (Wildman–Crippen MR) is 53.2 cm³/mol. The third-order valence-electron chi connectivity index (χ3n) is 1.37. The highest BCUT2D eigenvalue weighted by molar-refractivity contribution is 8.00. The van der Waals surface area contributed by atoms with Crippen molar-refractivity contribution in [2.45, 2.75) is 30.4 Å². The van der Waals surface area contributed by atoms with Crippen LogP contribution in [0.3, 0.4) is 0 Å². The molecule has 0 radical (unpaired) electrons. The van der Waals surface area contributed by atoms with E-state index in [-0.39, 0.29) is 0 Å². The molecule has 0 amide bonds. The van der Waals surface area contributed by atoms with Crippen LogP contribution in [0.1, 0.15) is 20.8 Å². The van der Waals surface area contributed by atoms with Crippen LogP contribution >= 0.6 is 11.8 Å². The molecule has 0 saturated heterocycles. The number of nitrogens with zero attached hydrogens (tertiary/aromatic N) is 1. The molecule has 2 heteroatoms. The Morgan fingerprint density at radius 1 is 1.17 bits per heavy atom. The highest BCUT2D eigenvalue weighted by atomic mass is 32.2. The molecule has 0 aliphatic rings. The van der Waals surface area contributed by atoms with Crippen molar-refractivity contribution in [1.82, 2.24) is 0 Å². The van der Waals surface area contributed by atoms with E-state index in [0.29, 0.717) is 4.75 Å². The minimum Gasteiger partial charge on any atom is -0.208 e. The Bertz CT molecular complexity index is 246. The molecule has 0 unspecified atom stereocenters. The second kappa shape index (κ2) is 3.48. The minimum atomic E-state index is 0.305. The molecule has 1 aromatic rings. The number of aromatic nitrogens is 1. The molecule has 0 aliphatic carbocycles. The average Bonchev–Trinajstić information content (AvgIpc) is 1.91. The van der Waals surface area contributed by atoms with Crippen LogP contribution in [0.15, 0.2) is 29.4 Å². The van der Waals surface area contributed by atoms with Crippen LogP contribution in [0.5, 0.6) is 0 Å². The van der Waals surface area contributed by atoms with E-state index in [1.807, 2.05) is 23.4 Å². The van der Waals surface area contributed by atoms with Gasteiger partial charge in [0.25, 0.3) is 0 Å². The summed E-state index contributed by atoms with van der Waals surface area (Å²) >= 11 is 1.90. The van der Waals surface area contributed by atoms with Crippen LogP contribution in [0.25, 0.3) is 0 Å². The first kappa shape index (κ1) is 9.59. The molecule has 0 saturated carbocycles. The molecular weight excluding hydrogens is 166 g/mol. The van der Waals surface area contributed by atoms with E-state index < -0.39 is 0 Å². The Morgan fingerprint density at radius 3 is 2.08 bits per heavy atom. The molecule has 0 N–H and O–H groups in total. The second-order valence-electron chi connectivity index (χ2n) is 3.91. The quantitative estimate of drug-likeness (QED) is 0.476. The summed E-state index contributed by atoms with van der Waals surface area (Å²) in [4.78, 5) is 1.33. The molecule has 1 rings (SSSR count). The molecule has 1 aromatic heterocycles. The lowest BCUT2D eigenvalue weighted by Gasteiger charge is -2.16. The average molecular weight is 182 g/mol. The molecule has 66 valence electrons. The van der Waals surface area contributed by atoms with Crippen molar-refractivity contribution in [3.8, 4) is 0 Å². The van der Waals surface area contributed by atoms with E-state index in [9.17, 15) is 0 Å². The normalized spacial score (nSPS) is 11.7. The van der Waals surface area contributed by atoms with Crippen molar-refractivity contribution in [2.24, 2.45) is 7.05 Å². The summed E-state index contributed by atoms with van der Waals surface area (Å²) in [5.41, 5.74) is 0. The number of thioether (sulfide) groups is 1. The fraction of sp³-hybridized carbons (Fsp3) is 0.500. The van der Waals surface area contributed by atoms with Crippen molar-refractivity contribution >= 4 is 11.8 Å². The van der Waals surface area contributed by atoms with Gasteiger partial charge in [0.2, 0.25) is 0 Å². The van der Waals surface area contributed by atoms with E-state index in [1.54, 1.807) is 0 Å². The van der Waals surface area contributed by atoms with Crippen LogP contribution in [0.2, 0.25) is 0 Å². The molecule has 0 fully saturated rings. The van der Waals surface area contributed by atoms with E-state index in [2.05, 4.69) is 45.3 Å². The van der Waals surface area contributed by atoms with E-state index in [4.69, 9.17) is 0 Å². The predicted octanol–water partition coefficient (Wildman–Crippen LogP) is 2.40. The molecule has 0 aliphatic heterocycles. The lowest BCUT2D eigenvalue weighted by molar-refractivity contribution is -0.671.